The van der Waals surface area contributed by atoms with Crippen LogP contribution in [0, 0.1) is 0 Å². The highest BCUT2D eigenvalue weighted by Gasteiger charge is 2.31. The van der Waals surface area contributed by atoms with Gasteiger partial charge in [0.25, 0.3) is 0 Å². The Hall–Kier alpha value is -0.880. The summed E-state index contributed by atoms with van der Waals surface area (Å²) in [5.41, 5.74) is -0.138. The Kier molecular flexibility index (Phi) is 4.86. The molecule has 1 aliphatic rings. The van der Waals surface area contributed by atoms with Crippen molar-refractivity contribution in [1.29, 1.82) is 0 Å². The molecule has 0 heterocycles. The van der Waals surface area contributed by atoms with Gasteiger partial charge in [-0.1, -0.05) is 36.6 Å². The molecule has 2 N–H and O–H groups in total. The predicted molar refractivity (Wildman–Crippen MR) is 80.8 cm³/mol. The van der Waals surface area contributed by atoms with Gasteiger partial charge in [0.15, 0.2) is 0 Å². The lowest BCUT2D eigenvalue weighted by molar-refractivity contribution is 0.0532. The fourth-order valence-electron chi connectivity index (χ4n) is 2.23. The predicted octanol–water partition coefficient (Wildman–Crippen LogP) is 2.54. The molecule has 6 heteroatoms. The third-order valence-electron chi connectivity index (χ3n) is 3.45. The summed E-state index contributed by atoms with van der Waals surface area (Å²) < 4.78 is 26.1. The van der Waals surface area contributed by atoms with Gasteiger partial charge in [0.05, 0.1) is 5.60 Å². The second-order valence-corrected chi connectivity index (χ2v) is 7.24. The molecule has 4 nitrogen and oxygen atoms in total. The van der Waals surface area contributed by atoms with Crippen LogP contribution in [0.2, 0.25) is 5.02 Å². The van der Waals surface area contributed by atoms with Gasteiger partial charge in [-0.05, 0) is 36.6 Å². The summed E-state index contributed by atoms with van der Waals surface area (Å²) in [5.74, 6) is 0. The van der Waals surface area contributed by atoms with E-state index in [-0.39, 0.29) is 6.54 Å². The van der Waals surface area contributed by atoms with E-state index in [1.165, 1.54) is 6.08 Å². The minimum atomic E-state index is -3.54. The van der Waals surface area contributed by atoms with Crippen molar-refractivity contribution in [3.8, 4) is 0 Å². The number of sulfonamides is 1. The van der Waals surface area contributed by atoms with E-state index < -0.39 is 15.6 Å². The van der Waals surface area contributed by atoms with Crippen molar-refractivity contribution < 1.29 is 13.5 Å². The van der Waals surface area contributed by atoms with Gasteiger partial charge in [0, 0.05) is 17.0 Å². The first-order valence-electron chi connectivity index (χ1n) is 6.54. The van der Waals surface area contributed by atoms with Crippen LogP contribution in [0.15, 0.2) is 29.7 Å². The molecule has 0 radical (unpaired) electrons. The summed E-state index contributed by atoms with van der Waals surface area (Å²) in [6.45, 7) is 0.0697. The highest BCUT2D eigenvalue weighted by Crippen LogP contribution is 2.28. The monoisotopic (exact) mass is 315 g/mol. The first-order valence-corrected chi connectivity index (χ1v) is 8.47. The first-order chi connectivity index (χ1) is 9.39. The van der Waals surface area contributed by atoms with Gasteiger partial charge in [0.2, 0.25) is 10.0 Å². The van der Waals surface area contributed by atoms with Crippen LogP contribution < -0.4 is 4.72 Å². The van der Waals surface area contributed by atoms with Crippen molar-refractivity contribution in [1.82, 2.24) is 4.72 Å². The van der Waals surface area contributed by atoms with Gasteiger partial charge in [-0.2, -0.15) is 0 Å². The van der Waals surface area contributed by atoms with Crippen molar-refractivity contribution >= 4 is 27.7 Å². The summed E-state index contributed by atoms with van der Waals surface area (Å²) in [6.07, 6.45) is 4.68. The zero-order valence-electron chi connectivity index (χ0n) is 11.0. The Morgan fingerprint density at radius 1 is 1.25 bits per heavy atom. The maximum absolute atomic E-state index is 11.8. The summed E-state index contributed by atoms with van der Waals surface area (Å²) >= 11 is 5.76. The van der Waals surface area contributed by atoms with E-state index in [0.717, 1.165) is 23.8 Å². The Morgan fingerprint density at radius 2 is 1.85 bits per heavy atom. The molecule has 0 bridgehead atoms. The highest BCUT2D eigenvalue weighted by molar-refractivity contribution is 7.92. The Balaban J connectivity index is 1.95. The SMILES string of the molecule is O=S(=O)(/C=C/c1ccc(Cl)cc1)NCC1(O)CCCC1. The molecule has 1 aliphatic carbocycles. The largest absolute Gasteiger partial charge is 0.389 e. The number of aliphatic hydroxyl groups is 1. The fourth-order valence-corrected chi connectivity index (χ4v) is 3.26. The van der Waals surface area contributed by atoms with Gasteiger partial charge >= 0.3 is 0 Å². The molecule has 0 saturated heterocycles. The number of nitrogens with one attached hydrogen (secondary N) is 1. The molecular weight excluding hydrogens is 298 g/mol. The number of benzene rings is 1. The number of halogens is 1. The highest BCUT2D eigenvalue weighted by atomic mass is 35.5. The van der Waals surface area contributed by atoms with Crippen LogP contribution in [0.5, 0.6) is 0 Å². The molecular formula is C14H18ClNO3S. The Labute approximate surface area is 124 Å². The van der Waals surface area contributed by atoms with Crippen molar-refractivity contribution in [2.75, 3.05) is 6.54 Å². The van der Waals surface area contributed by atoms with E-state index in [2.05, 4.69) is 4.72 Å². The molecule has 1 aromatic carbocycles. The fraction of sp³-hybridized carbons (Fsp3) is 0.429. The molecule has 0 spiro atoms. The number of rotatable bonds is 5. The lowest BCUT2D eigenvalue weighted by atomic mass is 10.0. The summed E-state index contributed by atoms with van der Waals surface area (Å²) in [7, 11) is -3.54. The molecule has 20 heavy (non-hydrogen) atoms. The van der Waals surface area contributed by atoms with Gasteiger partial charge in [-0.15, -0.1) is 0 Å². The molecule has 2 rings (SSSR count). The van der Waals surface area contributed by atoms with E-state index in [4.69, 9.17) is 11.6 Å². The molecule has 1 fully saturated rings. The Morgan fingerprint density at radius 3 is 2.45 bits per heavy atom. The van der Waals surface area contributed by atoms with Crippen LogP contribution in [0.4, 0.5) is 0 Å². The summed E-state index contributed by atoms with van der Waals surface area (Å²) in [5, 5.41) is 11.8. The zero-order chi connectivity index (χ0) is 14.6. The van der Waals surface area contributed by atoms with Gasteiger partial charge in [0.1, 0.15) is 0 Å². The summed E-state index contributed by atoms with van der Waals surface area (Å²) in [4.78, 5) is 0. The van der Waals surface area contributed by atoms with E-state index in [1.807, 2.05) is 0 Å². The van der Waals surface area contributed by atoms with Gasteiger partial charge < -0.3 is 5.11 Å². The van der Waals surface area contributed by atoms with Crippen LogP contribution >= 0.6 is 11.6 Å². The molecule has 1 aromatic rings. The summed E-state index contributed by atoms with van der Waals surface area (Å²) in [6, 6.07) is 6.86. The van der Waals surface area contributed by atoms with Crippen molar-refractivity contribution in [2.24, 2.45) is 0 Å². The quantitative estimate of drug-likeness (QED) is 0.877. The van der Waals surface area contributed by atoms with E-state index in [1.54, 1.807) is 24.3 Å². The lowest BCUT2D eigenvalue weighted by Gasteiger charge is -2.21. The van der Waals surface area contributed by atoms with Crippen LogP contribution in [-0.2, 0) is 10.0 Å². The molecule has 0 aliphatic heterocycles. The van der Waals surface area contributed by atoms with E-state index >= 15 is 0 Å². The van der Waals surface area contributed by atoms with Crippen LogP contribution in [0.25, 0.3) is 6.08 Å². The molecule has 0 unspecified atom stereocenters. The van der Waals surface area contributed by atoms with Gasteiger partial charge in [-0.3, -0.25) is 0 Å². The third-order valence-corrected chi connectivity index (χ3v) is 4.74. The smallest absolute Gasteiger partial charge is 0.233 e. The second-order valence-electron chi connectivity index (χ2n) is 5.15. The maximum atomic E-state index is 11.8. The average Bonchev–Trinajstić information content (AvgIpc) is 2.84. The standard InChI is InChI=1S/C14H18ClNO3S/c15-13-5-3-12(4-6-13)7-10-20(18,19)16-11-14(17)8-1-2-9-14/h3-7,10,16-17H,1-2,8-9,11H2/b10-7+. The zero-order valence-corrected chi connectivity index (χ0v) is 12.6. The second kappa shape index (κ2) is 6.26. The van der Waals surface area contributed by atoms with Crippen LogP contribution in [0.3, 0.4) is 0 Å². The molecule has 1 saturated carbocycles. The topological polar surface area (TPSA) is 66.4 Å². The average molecular weight is 316 g/mol. The minimum Gasteiger partial charge on any atom is -0.389 e. The van der Waals surface area contributed by atoms with E-state index in [0.29, 0.717) is 17.9 Å². The molecule has 0 atom stereocenters. The van der Waals surface area contributed by atoms with E-state index in [9.17, 15) is 13.5 Å². The minimum absolute atomic E-state index is 0.0697. The van der Waals surface area contributed by atoms with Crippen LogP contribution in [0.1, 0.15) is 31.2 Å². The molecule has 110 valence electrons. The van der Waals surface area contributed by atoms with Crippen molar-refractivity contribution in [2.45, 2.75) is 31.3 Å². The molecule has 0 aromatic heterocycles. The molecule has 0 amide bonds. The number of hydrogen-bond donors (Lipinski definition) is 2. The first kappa shape index (κ1) is 15.5. The normalized spacial score (nSPS) is 18.7. The Bertz CT molecular complexity index is 575. The van der Waals surface area contributed by atoms with Crippen molar-refractivity contribution in [3.05, 3.63) is 40.3 Å². The number of hydrogen-bond acceptors (Lipinski definition) is 3. The van der Waals surface area contributed by atoms with Crippen LogP contribution in [-0.4, -0.2) is 25.7 Å². The lowest BCUT2D eigenvalue weighted by Crippen LogP contribution is -2.40. The third kappa shape index (κ3) is 4.59. The van der Waals surface area contributed by atoms with Gasteiger partial charge in [-0.25, -0.2) is 13.1 Å². The maximum Gasteiger partial charge on any atom is 0.233 e. The van der Waals surface area contributed by atoms with Crippen molar-refractivity contribution in [3.63, 3.8) is 0 Å².